The van der Waals surface area contributed by atoms with Gasteiger partial charge in [0.1, 0.15) is 5.75 Å². The van der Waals surface area contributed by atoms with Gasteiger partial charge < -0.3 is 9.84 Å². The van der Waals surface area contributed by atoms with Crippen molar-refractivity contribution in [2.24, 2.45) is 0 Å². The molecule has 0 fully saturated rings. The molecule has 6 nitrogen and oxygen atoms in total. The van der Waals surface area contributed by atoms with Crippen LogP contribution in [-0.4, -0.2) is 32.7 Å². The SMILES string of the molecule is CCCc1c(C(=O)O)nnn1CCCCOc1ccccc1. The first-order valence-corrected chi connectivity index (χ1v) is 7.56. The molecule has 0 radical (unpaired) electrons. The van der Waals surface area contributed by atoms with Crippen LogP contribution < -0.4 is 4.74 Å². The third-order valence-corrected chi connectivity index (χ3v) is 3.30. The Hall–Kier alpha value is -2.37. The van der Waals surface area contributed by atoms with E-state index >= 15 is 0 Å². The Balaban J connectivity index is 1.80. The van der Waals surface area contributed by atoms with Crippen LogP contribution in [0.15, 0.2) is 30.3 Å². The first-order chi connectivity index (χ1) is 10.7. The quantitative estimate of drug-likeness (QED) is 0.721. The summed E-state index contributed by atoms with van der Waals surface area (Å²) in [6.07, 6.45) is 3.29. The Morgan fingerprint density at radius 3 is 2.73 bits per heavy atom. The first-order valence-electron chi connectivity index (χ1n) is 7.56. The lowest BCUT2D eigenvalue weighted by atomic mass is 10.2. The van der Waals surface area contributed by atoms with Crippen molar-refractivity contribution >= 4 is 5.97 Å². The second-order valence-electron chi connectivity index (χ2n) is 5.03. The van der Waals surface area contributed by atoms with E-state index in [0.29, 0.717) is 25.3 Å². The second-order valence-corrected chi connectivity index (χ2v) is 5.03. The minimum absolute atomic E-state index is 0.0717. The van der Waals surface area contributed by atoms with Gasteiger partial charge in [-0.1, -0.05) is 36.8 Å². The van der Waals surface area contributed by atoms with Crippen molar-refractivity contribution in [2.45, 2.75) is 39.2 Å². The predicted molar refractivity (Wildman–Crippen MR) is 82.1 cm³/mol. The minimum atomic E-state index is -1.01. The van der Waals surface area contributed by atoms with Gasteiger partial charge in [0.25, 0.3) is 0 Å². The second kappa shape index (κ2) is 8.17. The third kappa shape index (κ3) is 4.31. The number of aromatic carboxylic acids is 1. The Bertz CT molecular complexity index is 596. The molecule has 1 N–H and O–H groups in total. The lowest BCUT2D eigenvalue weighted by Crippen LogP contribution is -2.09. The van der Waals surface area contributed by atoms with Crippen molar-refractivity contribution in [3.05, 3.63) is 41.7 Å². The highest BCUT2D eigenvalue weighted by molar-refractivity contribution is 5.86. The summed E-state index contributed by atoms with van der Waals surface area (Å²) >= 11 is 0. The number of carboxylic acid groups (broad SMARTS) is 1. The number of aryl methyl sites for hydroxylation is 1. The fourth-order valence-corrected chi connectivity index (χ4v) is 2.23. The van der Waals surface area contributed by atoms with Crippen LogP contribution in [0.25, 0.3) is 0 Å². The monoisotopic (exact) mass is 303 g/mol. The zero-order valence-corrected chi connectivity index (χ0v) is 12.7. The molecule has 1 heterocycles. The van der Waals surface area contributed by atoms with E-state index in [4.69, 9.17) is 9.84 Å². The van der Waals surface area contributed by atoms with E-state index in [0.717, 1.165) is 25.0 Å². The molecule has 0 aliphatic carbocycles. The maximum Gasteiger partial charge on any atom is 0.358 e. The molecule has 0 bridgehead atoms. The van der Waals surface area contributed by atoms with Gasteiger partial charge >= 0.3 is 5.97 Å². The van der Waals surface area contributed by atoms with Crippen LogP contribution in [0.4, 0.5) is 0 Å². The molecule has 2 aromatic rings. The summed E-state index contributed by atoms with van der Waals surface area (Å²) in [6.45, 7) is 3.30. The first kappa shape index (κ1) is 16.0. The maximum absolute atomic E-state index is 11.1. The summed E-state index contributed by atoms with van der Waals surface area (Å²) in [4.78, 5) is 11.1. The van der Waals surface area contributed by atoms with Gasteiger partial charge in [0, 0.05) is 6.54 Å². The number of hydrogen-bond donors (Lipinski definition) is 1. The van der Waals surface area contributed by atoms with Gasteiger partial charge in [0.05, 0.1) is 12.3 Å². The zero-order valence-electron chi connectivity index (χ0n) is 12.7. The summed E-state index contributed by atoms with van der Waals surface area (Å²) in [7, 11) is 0. The van der Waals surface area contributed by atoms with Gasteiger partial charge in [0.15, 0.2) is 5.69 Å². The van der Waals surface area contributed by atoms with E-state index in [9.17, 15) is 4.79 Å². The van der Waals surface area contributed by atoms with Crippen molar-refractivity contribution < 1.29 is 14.6 Å². The number of nitrogens with zero attached hydrogens (tertiary/aromatic N) is 3. The molecule has 118 valence electrons. The molecule has 0 saturated heterocycles. The van der Waals surface area contributed by atoms with Crippen LogP contribution in [0.3, 0.4) is 0 Å². The average molecular weight is 303 g/mol. The number of rotatable bonds is 9. The van der Waals surface area contributed by atoms with Gasteiger partial charge in [-0.25, -0.2) is 9.48 Å². The molecule has 0 aliphatic heterocycles. The van der Waals surface area contributed by atoms with Gasteiger partial charge in [-0.2, -0.15) is 0 Å². The highest BCUT2D eigenvalue weighted by Gasteiger charge is 2.17. The number of carboxylic acids is 1. The van der Waals surface area contributed by atoms with Crippen molar-refractivity contribution in [3.63, 3.8) is 0 Å². The third-order valence-electron chi connectivity index (χ3n) is 3.30. The molecule has 0 amide bonds. The van der Waals surface area contributed by atoms with Gasteiger partial charge in [-0.05, 0) is 31.4 Å². The van der Waals surface area contributed by atoms with Crippen LogP contribution in [0, 0.1) is 0 Å². The van der Waals surface area contributed by atoms with Crippen molar-refractivity contribution in [1.29, 1.82) is 0 Å². The number of benzene rings is 1. The molecule has 0 unspecified atom stereocenters. The van der Waals surface area contributed by atoms with Crippen LogP contribution in [0.1, 0.15) is 42.4 Å². The largest absolute Gasteiger partial charge is 0.494 e. The number of unbranched alkanes of at least 4 members (excludes halogenated alkanes) is 1. The molecular formula is C16H21N3O3. The van der Waals surface area contributed by atoms with E-state index < -0.39 is 5.97 Å². The molecule has 22 heavy (non-hydrogen) atoms. The number of carbonyl (C=O) groups is 1. The molecule has 1 aromatic heterocycles. The molecule has 0 atom stereocenters. The number of para-hydroxylation sites is 1. The highest BCUT2D eigenvalue weighted by atomic mass is 16.5. The number of hydrogen-bond acceptors (Lipinski definition) is 4. The Kier molecular flexibility index (Phi) is 5.94. The smallest absolute Gasteiger partial charge is 0.358 e. The molecule has 0 aliphatic rings. The van der Waals surface area contributed by atoms with Crippen molar-refractivity contribution in [3.8, 4) is 5.75 Å². The standard InChI is InChI=1S/C16H21N3O3/c1-2-8-14-15(16(20)21)17-18-19(14)11-6-7-12-22-13-9-4-3-5-10-13/h3-5,9-10H,2,6-8,11-12H2,1H3,(H,20,21). The molecule has 0 spiro atoms. The minimum Gasteiger partial charge on any atom is -0.494 e. The molecule has 2 rings (SSSR count). The lowest BCUT2D eigenvalue weighted by molar-refractivity contribution is 0.0689. The summed E-state index contributed by atoms with van der Waals surface area (Å²) < 4.78 is 7.33. The van der Waals surface area contributed by atoms with Gasteiger partial charge in [-0.3, -0.25) is 0 Å². The molecule has 0 saturated carbocycles. The van der Waals surface area contributed by atoms with Gasteiger partial charge in [0.2, 0.25) is 0 Å². The molecule has 1 aromatic carbocycles. The Morgan fingerprint density at radius 1 is 1.27 bits per heavy atom. The number of aromatic nitrogens is 3. The van der Waals surface area contributed by atoms with E-state index in [1.54, 1.807) is 4.68 Å². The fourth-order valence-electron chi connectivity index (χ4n) is 2.23. The number of ether oxygens (including phenoxy) is 1. The fraction of sp³-hybridized carbons (Fsp3) is 0.438. The molecule has 6 heteroatoms. The molecular weight excluding hydrogens is 282 g/mol. The lowest BCUT2D eigenvalue weighted by Gasteiger charge is -2.07. The summed E-state index contributed by atoms with van der Waals surface area (Å²) in [5.41, 5.74) is 0.779. The van der Waals surface area contributed by atoms with Crippen LogP contribution in [0.2, 0.25) is 0 Å². The van der Waals surface area contributed by atoms with E-state index in [-0.39, 0.29) is 5.69 Å². The zero-order chi connectivity index (χ0) is 15.8. The van der Waals surface area contributed by atoms with Crippen LogP contribution >= 0.6 is 0 Å². The van der Waals surface area contributed by atoms with Crippen molar-refractivity contribution in [2.75, 3.05) is 6.61 Å². The summed E-state index contributed by atoms with van der Waals surface area (Å²) in [5.74, 6) is -0.148. The van der Waals surface area contributed by atoms with E-state index in [2.05, 4.69) is 10.3 Å². The topological polar surface area (TPSA) is 77.2 Å². The van der Waals surface area contributed by atoms with Crippen molar-refractivity contribution in [1.82, 2.24) is 15.0 Å². The Labute approximate surface area is 129 Å². The van der Waals surface area contributed by atoms with Gasteiger partial charge in [-0.15, -0.1) is 5.10 Å². The summed E-state index contributed by atoms with van der Waals surface area (Å²) in [5, 5.41) is 16.8. The maximum atomic E-state index is 11.1. The van der Waals surface area contributed by atoms with Crippen LogP contribution in [-0.2, 0) is 13.0 Å². The summed E-state index contributed by atoms with van der Waals surface area (Å²) in [6, 6.07) is 9.68. The average Bonchev–Trinajstić information content (AvgIpc) is 2.92. The Morgan fingerprint density at radius 2 is 2.05 bits per heavy atom. The van der Waals surface area contributed by atoms with E-state index in [1.165, 1.54) is 0 Å². The van der Waals surface area contributed by atoms with Crippen LogP contribution in [0.5, 0.6) is 5.75 Å². The predicted octanol–water partition coefficient (Wildman–Crippen LogP) is 2.79. The normalized spacial score (nSPS) is 10.6. The van der Waals surface area contributed by atoms with E-state index in [1.807, 2.05) is 37.3 Å². The highest BCUT2D eigenvalue weighted by Crippen LogP contribution is 2.11.